The molecule has 0 fully saturated rings. The summed E-state index contributed by atoms with van der Waals surface area (Å²) in [4.78, 5) is 14.2. The largest absolute Gasteiger partial charge is 0.433 e. The number of aromatic nitrogens is 3. The van der Waals surface area contributed by atoms with E-state index in [9.17, 15) is 13.2 Å². The first-order valence-corrected chi connectivity index (χ1v) is 9.51. The number of aryl methyl sites for hydroxylation is 1. The van der Waals surface area contributed by atoms with Crippen LogP contribution in [0, 0.1) is 6.92 Å². The maximum atomic E-state index is 13.2. The van der Waals surface area contributed by atoms with Gasteiger partial charge in [-0.15, -0.1) is 11.3 Å². The van der Waals surface area contributed by atoms with Gasteiger partial charge in [0.05, 0.1) is 15.2 Å². The SMILES string of the molecule is Cc1nc2cc(Nc3cc(C(F)(F)F)nc(NCCCN(C)C)n3)ccc2s1. The Hall–Kier alpha value is -2.46. The molecule has 2 aromatic heterocycles. The van der Waals surface area contributed by atoms with E-state index in [-0.39, 0.29) is 11.8 Å². The predicted octanol–water partition coefficient (Wildman–Crippen LogP) is 4.52. The van der Waals surface area contributed by atoms with Crippen molar-refractivity contribution in [2.75, 3.05) is 37.8 Å². The van der Waals surface area contributed by atoms with Gasteiger partial charge in [-0.3, -0.25) is 0 Å². The minimum atomic E-state index is -4.56. The van der Waals surface area contributed by atoms with Crippen LogP contribution in [0.4, 0.5) is 30.6 Å². The van der Waals surface area contributed by atoms with Crippen LogP contribution in [0.3, 0.4) is 0 Å². The van der Waals surface area contributed by atoms with E-state index in [1.54, 1.807) is 23.5 Å². The van der Waals surface area contributed by atoms with E-state index in [1.807, 2.05) is 32.0 Å². The van der Waals surface area contributed by atoms with Crippen LogP contribution >= 0.6 is 11.3 Å². The van der Waals surface area contributed by atoms with Gasteiger partial charge in [-0.05, 0) is 52.2 Å². The van der Waals surface area contributed by atoms with Gasteiger partial charge < -0.3 is 15.5 Å². The highest BCUT2D eigenvalue weighted by Gasteiger charge is 2.33. The van der Waals surface area contributed by atoms with Gasteiger partial charge in [-0.1, -0.05) is 0 Å². The Morgan fingerprint density at radius 3 is 2.61 bits per heavy atom. The summed E-state index contributed by atoms with van der Waals surface area (Å²) in [6, 6.07) is 6.37. The van der Waals surface area contributed by atoms with Gasteiger partial charge >= 0.3 is 6.18 Å². The van der Waals surface area contributed by atoms with Crippen molar-refractivity contribution < 1.29 is 13.2 Å². The van der Waals surface area contributed by atoms with E-state index in [2.05, 4.69) is 25.6 Å². The Kier molecular flexibility index (Phi) is 5.99. The Morgan fingerprint density at radius 1 is 1.11 bits per heavy atom. The van der Waals surface area contributed by atoms with E-state index in [0.29, 0.717) is 12.2 Å². The van der Waals surface area contributed by atoms with E-state index in [1.165, 1.54) is 0 Å². The van der Waals surface area contributed by atoms with Crippen LogP contribution in [-0.4, -0.2) is 47.0 Å². The second-order valence-electron chi connectivity index (χ2n) is 6.58. The highest BCUT2D eigenvalue weighted by Crippen LogP contribution is 2.31. The molecule has 0 aliphatic carbocycles. The molecule has 3 aromatic rings. The van der Waals surface area contributed by atoms with E-state index in [4.69, 9.17) is 0 Å². The van der Waals surface area contributed by atoms with Gasteiger partial charge in [0.2, 0.25) is 5.95 Å². The highest BCUT2D eigenvalue weighted by molar-refractivity contribution is 7.18. The van der Waals surface area contributed by atoms with Crippen LogP contribution in [-0.2, 0) is 6.18 Å². The molecule has 0 unspecified atom stereocenters. The first-order valence-electron chi connectivity index (χ1n) is 8.70. The van der Waals surface area contributed by atoms with Crippen LogP contribution in [0.2, 0.25) is 0 Å². The lowest BCUT2D eigenvalue weighted by atomic mass is 10.3. The fraction of sp³-hybridized carbons (Fsp3) is 0.389. The monoisotopic (exact) mass is 410 g/mol. The third-order valence-electron chi connectivity index (χ3n) is 3.85. The topological polar surface area (TPSA) is 66.0 Å². The van der Waals surface area contributed by atoms with Crippen molar-refractivity contribution in [2.24, 2.45) is 0 Å². The second-order valence-corrected chi connectivity index (χ2v) is 7.82. The molecule has 0 bridgehead atoms. The van der Waals surface area contributed by atoms with Gasteiger partial charge in [0.1, 0.15) is 5.82 Å². The summed E-state index contributed by atoms with van der Waals surface area (Å²) in [5.41, 5.74) is 0.411. The van der Waals surface area contributed by atoms with Crippen molar-refractivity contribution >= 4 is 39.0 Å². The van der Waals surface area contributed by atoms with Crippen LogP contribution in [0.15, 0.2) is 24.3 Å². The number of rotatable bonds is 7. The molecule has 0 aliphatic rings. The van der Waals surface area contributed by atoms with Crippen LogP contribution in [0.5, 0.6) is 0 Å². The van der Waals surface area contributed by atoms with Gasteiger partial charge in [-0.25, -0.2) is 9.97 Å². The molecule has 0 spiro atoms. The summed E-state index contributed by atoms with van der Waals surface area (Å²) in [7, 11) is 3.87. The van der Waals surface area contributed by atoms with E-state index < -0.39 is 11.9 Å². The van der Waals surface area contributed by atoms with E-state index >= 15 is 0 Å². The number of halogens is 3. The third-order valence-corrected chi connectivity index (χ3v) is 4.80. The zero-order valence-corrected chi connectivity index (χ0v) is 16.6. The number of hydrogen-bond donors (Lipinski definition) is 2. The third kappa shape index (κ3) is 5.29. The smallest absolute Gasteiger partial charge is 0.354 e. The predicted molar refractivity (Wildman–Crippen MR) is 106 cm³/mol. The number of hydrogen-bond acceptors (Lipinski definition) is 7. The van der Waals surface area contributed by atoms with Crippen molar-refractivity contribution in [3.63, 3.8) is 0 Å². The minimum Gasteiger partial charge on any atom is -0.354 e. The van der Waals surface area contributed by atoms with Crippen LogP contribution in [0.25, 0.3) is 10.2 Å². The second kappa shape index (κ2) is 8.27. The molecule has 0 amide bonds. The molecule has 6 nitrogen and oxygen atoms in total. The van der Waals surface area contributed by atoms with Gasteiger partial charge in [0.15, 0.2) is 5.69 Å². The highest BCUT2D eigenvalue weighted by atomic mass is 32.1. The molecule has 0 saturated heterocycles. The molecule has 0 saturated carbocycles. The number of nitrogens with one attached hydrogen (secondary N) is 2. The molecule has 3 rings (SSSR count). The van der Waals surface area contributed by atoms with Crippen LogP contribution in [0.1, 0.15) is 17.1 Å². The molecule has 28 heavy (non-hydrogen) atoms. The van der Waals surface area contributed by atoms with Gasteiger partial charge in [0.25, 0.3) is 0 Å². The molecule has 2 heterocycles. The standard InChI is InChI=1S/C18H21F3N6S/c1-11-23-13-9-12(5-6-14(13)28-11)24-16-10-15(18(19,20)21)25-17(26-16)22-7-4-8-27(2)3/h5-6,9-10H,4,7-8H2,1-3H3,(H2,22,24,25,26). The maximum absolute atomic E-state index is 13.2. The Bertz CT molecular complexity index is 954. The summed E-state index contributed by atoms with van der Waals surface area (Å²) in [5.74, 6) is 0.0189. The maximum Gasteiger partial charge on any atom is 0.433 e. The van der Waals surface area contributed by atoms with Crippen molar-refractivity contribution in [3.05, 3.63) is 35.0 Å². The first kappa shape index (κ1) is 20.3. The lowest BCUT2D eigenvalue weighted by Crippen LogP contribution is -2.18. The zero-order valence-electron chi connectivity index (χ0n) is 15.8. The molecular weight excluding hydrogens is 389 g/mol. The fourth-order valence-electron chi connectivity index (χ4n) is 2.60. The molecule has 2 N–H and O–H groups in total. The molecular formula is C18H21F3N6S. The summed E-state index contributed by atoms with van der Waals surface area (Å²) < 4.78 is 40.7. The van der Waals surface area contributed by atoms with Crippen molar-refractivity contribution in [3.8, 4) is 0 Å². The lowest BCUT2D eigenvalue weighted by molar-refractivity contribution is -0.141. The lowest BCUT2D eigenvalue weighted by Gasteiger charge is -2.13. The summed E-state index contributed by atoms with van der Waals surface area (Å²) in [6.45, 7) is 3.19. The Morgan fingerprint density at radius 2 is 1.89 bits per heavy atom. The Balaban J connectivity index is 1.82. The van der Waals surface area contributed by atoms with Crippen molar-refractivity contribution in [2.45, 2.75) is 19.5 Å². The normalized spacial score (nSPS) is 12.0. The quantitative estimate of drug-likeness (QED) is 0.559. The summed E-state index contributed by atoms with van der Waals surface area (Å²) >= 11 is 1.56. The van der Waals surface area contributed by atoms with Crippen LogP contribution < -0.4 is 10.6 Å². The number of alkyl halides is 3. The molecule has 0 atom stereocenters. The first-order chi connectivity index (χ1) is 13.2. The molecule has 1 aromatic carbocycles. The molecule has 0 aliphatic heterocycles. The summed E-state index contributed by atoms with van der Waals surface area (Å²) in [6.07, 6.45) is -3.80. The number of anilines is 3. The number of benzene rings is 1. The minimum absolute atomic E-state index is 0.0540. The fourth-order valence-corrected chi connectivity index (χ4v) is 3.41. The average Bonchev–Trinajstić information content (AvgIpc) is 2.97. The number of nitrogens with zero attached hydrogens (tertiary/aromatic N) is 4. The summed E-state index contributed by atoms with van der Waals surface area (Å²) in [5, 5.41) is 6.73. The Labute approximate surface area is 164 Å². The molecule has 0 radical (unpaired) electrons. The average molecular weight is 410 g/mol. The number of thiazole rings is 1. The van der Waals surface area contributed by atoms with Gasteiger partial charge in [0, 0.05) is 18.3 Å². The molecule has 150 valence electrons. The molecule has 10 heteroatoms. The van der Waals surface area contributed by atoms with E-state index in [0.717, 1.165) is 34.3 Å². The van der Waals surface area contributed by atoms with Gasteiger partial charge in [-0.2, -0.15) is 18.2 Å². The number of fused-ring (bicyclic) bond motifs is 1. The van der Waals surface area contributed by atoms with Crippen molar-refractivity contribution in [1.29, 1.82) is 0 Å². The van der Waals surface area contributed by atoms with Crippen molar-refractivity contribution in [1.82, 2.24) is 19.9 Å². The zero-order chi connectivity index (χ0) is 20.3.